The fourth-order valence-electron chi connectivity index (χ4n) is 6.67. The van der Waals surface area contributed by atoms with Gasteiger partial charge in [0.1, 0.15) is 0 Å². The van der Waals surface area contributed by atoms with Crippen molar-refractivity contribution < 1.29 is 14.6 Å². The van der Waals surface area contributed by atoms with Crippen molar-refractivity contribution in [2.24, 2.45) is 17.8 Å². The molecule has 0 amide bonds. The molecule has 5 nitrogen and oxygen atoms in total. The lowest BCUT2D eigenvalue weighted by Crippen LogP contribution is -2.61. The molecule has 5 rings (SSSR count). The van der Waals surface area contributed by atoms with Crippen LogP contribution in [-0.4, -0.2) is 54.4 Å². The van der Waals surface area contributed by atoms with Gasteiger partial charge in [-0.25, -0.2) is 0 Å². The number of para-hydroxylation sites is 1. The number of carbonyl (C=O) groups excluding carboxylic acids is 1. The summed E-state index contributed by atoms with van der Waals surface area (Å²) in [6, 6.07) is 9.05. The fraction of sp³-hybridized carbons (Fsp3) is 0.667. The van der Waals surface area contributed by atoms with Crippen molar-refractivity contribution in [2.45, 2.75) is 49.8 Å². The van der Waals surface area contributed by atoms with Crippen molar-refractivity contribution in [3.05, 3.63) is 29.8 Å². The number of benzene rings is 1. The molecule has 1 aromatic rings. The van der Waals surface area contributed by atoms with E-state index in [2.05, 4.69) is 41.4 Å². The summed E-state index contributed by atoms with van der Waals surface area (Å²) in [5, 5.41) is 14.4. The SMILES string of the molecule is COC(=O)C1CC2CC(O)C(C)CN3CCC4(c5ccccc5NC14)C23. The van der Waals surface area contributed by atoms with E-state index in [1.807, 2.05) is 0 Å². The van der Waals surface area contributed by atoms with E-state index in [1.54, 1.807) is 0 Å². The zero-order valence-corrected chi connectivity index (χ0v) is 15.5. The van der Waals surface area contributed by atoms with E-state index in [0.717, 1.165) is 32.4 Å². The number of aliphatic hydroxyl groups is 1. The molecule has 2 saturated heterocycles. The second-order valence-electron chi connectivity index (χ2n) is 8.80. The number of hydrogen-bond donors (Lipinski definition) is 2. The summed E-state index contributed by atoms with van der Waals surface area (Å²) in [6.07, 6.45) is 2.36. The number of fused-ring (bicyclic) bond motifs is 1. The molecule has 26 heavy (non-hydrogen) atoms. The van der Waals surface area contributed by atoms with Gasteiger partial charge in [-0.2, -0.15) is 0 Å². The van der Waals surface area contributed by atoms with Crippen molar-refractivity contribution in [1.82, 2.24) is 4.90 Å². The van der Waals surface area contributed by atoms with Crippen LogP contribution < -0.4 is 5.32 Å². The molecule has 3 heterocycles. The Morgan fingerprint density at radius 3 is 2.96 bits per heavy atom. The maximum absolute atomic E-state index is 12.7. The Morgan fingerprint density at radius 1 is 1.35 bits per heavy atom. The van der Waals surface area contributed by atoms with Gasteiger partial charge >= 0.3 is 5.97 Å². The minimum Gasteiger partial charge on any atom is -0.469 e. The van der Waals surface area contributed by atoms with E-state index in [1.165, 1.54) is 18.4 Å². The van der Waals surface area contributed by atoms with Crippen LogP contribution in [0, 0.1) is 17.8 Å². The second kappa shape index (κ2) is 5.70. The molecular weight excluding hydrogens is 328 g/mol. The highest BCUT2D eigenvalue weighted by atomic mass is 16.5. The first-order valence-corrected chi connectivity index (χ1v) is 9.92. The number of nitrogens with zero attached hydrogens (tertiary/aromatic N) is 1. The zero-order chi connectivity index (χ0) is 18.1. The van der Waals surface area contributed by atoms with Crippen LogP contribution in [-0.2, 0) is 14.9 Å². The minimum atomic E-state index is -0.290. The van der Waals surface area contributed by atoms with Gasteiger partial charge in [0.05, 0.1) is 25.2 Å². The van der Waals surface area contributed by atoms with Gasteiger partial charge < -0.3 is 15.2 Å². The average Bonchev–Trinajstić information content (AvgIpc) is 3.15. The highest BCUT2D eigenvalue weighted by Crippen LogP contribution is 2.60. The summed E-state index contributed by atoms with van der Waals surface area (Å²) in [4.78, 5) is 15.3. The van der Waals surface area contributed by atoms with Crippen LogP contribution in [0.1, 0.15) is 31.7 Å². The van der Waals surface area contributed by atoms with Crippen molar-refractivity contribution in [3.8, 4) is 0 Å². The van der Waals surface area contributed by atoms with E-state index in [4.69, 9.17) is 4.74 Å². The standard InChI is InChI=1S/C21H28N2O3/c1-12-11-23-8-7-21-15-5-3-4-6-16(15)22-18(21)14(20(25)26-2)9-13(19(21)23)10-17(12)24/h3-6,12-14,17-19,22,24H,7-11H2,1-2H3. The summed E-state index contributed by atoms with van der Waals surface area (Å²) in [6.45, 7) is 4.14. The highest BCUT2D eigenvalue weighted by molar-refractivity contribution is 5.77. The van der Waals surface area contributed by atoms with E-state index < -0.39 is 0 Å². The Hall–Kier alpha value is -1.59. The third-order valence-electron chi connectivity index (χ3n) is 7.66. The molecule has 0 radical (unpaired) electrons. The summed E-state index contributed by atoms with van der Waals surface area (Å²) in [5.74, 6) is 0.328. The summed E-state index contributed by atoms with van der Waals surface area (Å²) in [5.41, 5.74) is 2.48. The second-order valence-corrected chi connectivity index (χ2v) is 8.80. The normalized spacial score (nSPS) is 43.7. The summed E-state index contributed by atoms with van der Waals surface area (Å²) >= 11 is 0. The van der Waals surface area contributed by atoms with Crippen LogP contribution in [0.2, 0.25) is 0 Å². The van der Waals surface area contributed by atoms with E-state index in [9.17, 15) is 9.90 Å². The number of aliphatic hydroxyl groups excluding tert-OH is 1. The summed E-state index contributed by atoms with van der Waals surface area (Å²) < 4.78 is 5.20. The van der Waals surface area contributed by atoms with Crippen LogP contribution in [0.3, 0.4) is 0 Å². The lowest BCUT2D eigenvalue weighted by molar-refractivity contribution is -0.149. The van der Waals surface area contributed by atoms with Crippen molar-refractivity contribution in [2.75, 3.05) is 25.5 Å². The van der Waals surface area contributed by atoms with Gasteiger partial charge in [-0.1, -0.05) is 25.1 Å². The molecule has 2 N–H and O–H groups in total. The van der Waals surface area contributed by atoms with Gasteiger partial charge in [-0.3, -0.25) is 9.69 Å². The molecule has 7 atom stereocenters. The number of ether oxygens (including phenoxy) is 1. The number of esters is 1. The molecule has 1 aliphatic carbocycles. The Labute approximate surface area is 154 Å². The Kier molecular flexibility index (Phi) is 3.63. The van der Waals surface area contributed by atoms with Crippen LogP contribution in [0.25, 0.3) is 0 Å². The van der Waals surface area contributed by atoms with Crippen molar-refractivity contribution >= 4 is 11.7 Å². The lowest BCUT2D eigenvalue weighted by Gasteiger charge is -2.50. The van der Waals surface area contributed by atoms with Crippen molar-refractivity contribution in [1.29, 1.82) is 0 Å². The van der Waals surface area contributed by atoms with E-state index in [0.29, 0.717) is 12.0 Å². The lowest BCUT2D eigenvalue weighted by atomic mass is 9.57. The molecule has 3 aliphatic heterocycles. The van der Waals surface area contributed by atoms with E-state index in [-0.39, 0.29) is 35.4 Å². The van der Waals surface area contributed by atoms with Crippen LogP contribution in [0.4, 0.5) is 5.69 Å². The molecule has 1 spiro atoms. The van der Waals surface area contributed by atoms with Crippen molar-refractivity contribution in [3.63, 3.8) is 0 Å². The zero-order valence-electron chi connectivity index (χ0n) is 15.5. The molecule has 4 aliphatic rings. The predicted octanol–water partition coefficient (Wildman–Crippen LogP) is 2.00. The average molecular weight is 356 g/mol. The van der Waals surface area contributed by atoms with Crippen LogP contribution >= 0.6 is 0 Å². The molecule has 1 aromatic carbocycles. The monoisotopic (exact) mass is 356 g/mol. The van der Waals surface area contributed by atoms with E-state index >= 15 is 0 Å². The van der Waals surface area contributed by atoms with Gasteiger partial charge in [0.2, 0.25) is 0 Å². The molecule has 3 fully saturated rings. The maximum atomic E-state index is 12.7. The Balaban J connectivity index is 1.67. The molecule has 5 heteroatoms. The number of nitrogens with one attached hydrogen (secondary N) is 1. The number of hydrogen-bond acceptors (Lipinski definition) is 5. The number of rotatable bonds is 1. The molecule has 7 unspecified atom stereocenters. The first-order valence-electron chi connectivity index (χ1n) is 9.92. The Morgan fingerprint density at radius 2 is 2.15 bits per heavy atom. The third kappa shape index (κ3) is 2.01. The molecule has 0 aromatic heterocycles. The smallest absolute Gasteiger partial charge is 0.310 e. The van der Waals surface area contributed by atoms with Gasteiger partial charge in [0, 0.05) is 23.7 Å². The molecule has 1 saturated carbocycles. The van der Waals surface area contributed by atoms with Crippen LogP contribution in [0.5, 0.6) is 0 Å². The number of anilines is 1. The highest BCUT2D eigenvalue weighted by Gasteiger charge is 2.65. The van der Waals surface area contributed by atoms with Gasteiger partial charge in [-0.15, -0.1) is 0 Å². The first-order chi connectivity index (χ1) is 12.6. The molecule has 0 bridgehead atoms. The molecule has 140 valence electrons. The topological polar surface area (TPSA) is 61.8 Å². The maximum Gasteiger partial charge on any atom is 0.310 e. The number of carbonyl (C=O) groups is 1. The number of methoxy groups -OCH3 is 1. The first kappa shape index (κ1) is 16.6. The quantitative estimate of drug-likeness (QED) is 0.754. The predicted molar refractivity (Wildman–Crippen MR) is 98.9 cm³/mol. The van der Waals surface area contributed by atoms with Gasteiger partial charge in [-0.05, 0) is 49.3 Å². The third-order valence-corrected chi connectivity index (χ3v) is 7.66. The fourth-order valence-corrected chi connectivity index (χ4v) is 6.67. The van der Waals surface area contributed by atoms with Gasteiger partial charge in [0.25, 0.3) is 0 Å². The largest absolute Gasteiger partial charge is 0.469 e. The van der Waals surface area contributed by atoms with Crippen LogP contribution in [0.15, 0.2) is 24.3 Å². The summed E-state index contributed by atoms with van der Waals surface area (Å²) in [7, 11) is 1.49. The molecular formula is C21H28N2O3. The Bertz CT molecular complexity index is 738. The van der Waals surface area contributed by atoms with Gasteiger partial charge in [0.15, 0.2) is 0 Å². The minimum absolute atomic E-state index is 0.0534.